The number of aliphatic hydroxyl groups excluding tert-OH is 1. The predicted molar refractivity (Wildman–Crippen MR) is 292 cm³/mol. The Morgan fingerprint density at radius 1 is 0.684 bits per heavy atom. The Balaban J connectivity index is 0.828. The zero-order valence-corrected chi connectivity index (χ0v) is 46.0. The Bertz CT molecular complexity index is 3200. The van der Waals surface area contributed by atoms with Gasteiger partial charge in [-0.3, -0.25) is 28.8 Å². The minimum atomic E-state index is -0.943. The van der Waals surface area contributed by atoms with Gasteiger partial charge in [-0.2, -0.15) is 0 Å². The molecule has 0 saturated carbocycles. The second-order valence-corrected chi connectivity index (χ2v) is 23.1. The van der Waals surface area contributed by atoms with Crippen LogP contribution in [-0.4, -0.2) is 120 Å². The lowest BCUT2D eigenvalue weighted by Gasteiger charge is -2.35. The van der Waals surface area contributed by atoms with Crippen molar-refractivity contribution in [3.63, 3.8) is 0 Å². The average molecular weight is 1130 g/mol. The number of fused-ring (bicyclic) bond motifs is 2. The summed E-state index contributed by atoms with van der Waals surface area (Å²) in [6.45, 7) is 10.3. The van der Waals surface area contributed by atoms with Crippen LogP contribution in [0.25, 0.3) is 20.9 Å². The van der Waals surface area contributed by atoms with Crippen LogP contribution in [0.5, 0.6) is 5.75 Å². The maximum atomic E-state index is 14.9. The minimum absolute atomic E-state index is 0.0491. The average Bonchev–Trinajstić information content (AvgIpc) is 4.33. The Kier molecular flexibility index (Phi) is 15.3. The lowest BCUT2D eigenvalue weighted by molar-refractivity contribution is -0.143. The van der Waals surface area contributed by atoms with E-state index in [1.54, 1.807) is 57.0 Å². The molecule has 2 saturated heterocycles. The van der Waals surface area contributed by atoms with Crippen molar-refractivity contribution >= 4 is 74.0 Å². The monoisotopic (exact) mass is 1130 g/mol. The van der Waals surface area contributed by atoms with Gasteiger partial charge in [0.15, 0.2) is 0 Å². The summed E-state index contributed by atoms with van der Waals surface area (Å²) >= 11 is 6.56. The van der Waals surface area contributed by atoms with Gasteiger partial charge in [0.25, 0.3) is 11.8 Å². The number of nitrogens with one attached hydrogen (secondary N) is 2. The van der Waals surface area contributed by atoms with Crippen LogP contribution in [0, 0.1) is 18.8 Å². The first-order valence-corrected chi connectivity index (χ1v) is 28.1. The summed E-state index contributed by atoms with van der Waals surface area (Å²) in [4.78, 5) is 103. The summed E-state index contributed by atoms with van der Waals surface area (Å²) < 4.78 is 7.36. The fourth-order valence-electron chi connectivity index (χ4n) is 11.0. The summed E-state index contributed by atoms with van der Waals surface area (Å²) in [5, 5.41) is 16.9. The van der Waals surface area contributed by atoms with Crippen molar-refractivity contribution in [1.29, 1.82) is 0 Å². The first kappa shape index (κ1) is 52.6. The number of nitrogens with zero attached hydrogens (tertiary/aromatic N) is 6. The number of halogens is 1. The molecule has 0 spiro atoms. The molecule has 6 aromatic rings. The van der Waals surface area contributed by atoms with Crippen molar-refractivity contribution < 1.29 is 38.6 Å². The molecule has 76 heavy (non-hydrogen) atoms. The third-order valence-electron chi connectivity index (χ3n) is 14.9. The van der Waals surface area contributed by atoms with E-state index in [1.165, 1.54) is 21.1 Å². The van der Waals surface area contributed by atoms with E-state index in [4.69, 9.17) is 4.74 Å². The molecule has 19 heteroatoms. The number of thiazole rings is 2. The standard InChI is InChI=1S/C57H59BrN8O8S2/c1-31(2)47(56(72)63-27-40(67)20-45(63)52(68)59-23-35-12-16-37(17-13-35)50-51(58)62-30-76-50)66-26-39-18-19-41(21-44(39)55(66)71)74-42-22-46(53(69)60-24-34-10-14-36(15-11-34)49-33(5)61-29-75-49)64(28-42)57(73)48(32(3)4)65-25-38-8-6-7-9-43(38)54(65)70/h6-19,21,29-32,40,42,45-48,67H,20,22-28H2,1-5H3,(H,59,68)(H,60,69)/t40-,42-,45+,46+,47+,48+/m1/s1. The Labute approximate surface area is 457 Å². The van der Waals surface area contributed by atoms with Crippen LogP contribution in [0.2, 0.25) is 0 Å². The molecule has 4 aromatic carbocycles. The van der Waals surface area contributed by atoms with E-state index in [9.17, 15) is 33.9 Å². The van der Waals surface area contributed by atoms with Crippen LogP contribution in [0.4, 0.5) is 0 Å². The number of amides is 6. The lowest BCUT2D eigenvalue weighted by atomic mass is 10.0. The Morgan fingerprint density at radius 3 is 1.76 bits per heavy atom. The normalized spacial score (nSPS) is 19.9. The summed E-state index contributed by atoms with van der Waals surface area (Å²) in [5.74, 6) is -2.43. The topological polar surface area (TPSA) is 195 Å². The van der Waals surface area contributed by atoms with Gasteiger partial charge < -0.3 is 40.1 Å². The van der Waals surface area contributed by atoms with Gasteiger partial charge in [-0.05, 0) is 86.3 Å². The number of likely N-dealkylation sites (tertiary alicyclic amines) is 2. The highest BCUT2D eigenvalue weighted by molar-refractivity contribution is 9.10. The van der Waals surface area contributed by atoms with Crippen LogP contribution in [-0.2, 0) is 45.4 Å². The van der Waals surface area contributed by atoms with Crippen molar-refractivity contribution in [3.05, 3.63) is 146 Å². The van der Waals surface area contributed by atoms with Crippen LogP contribution in [0.15, 0.2) is 107 Å². The van der Waals surface area contributed by atoms with Crippen molar-refractivity contribution in [2.24, 2.45) is 11.8 Å². The molecule has 0 bridgehead atoms. The lowest BCUT2D eigenvalue weighted by Crippen LogP contribution is -2.55. The van der Waals surface area contributed by atoms with Gasteiger partial charge in [0, 0.05) is 56.7 Å². The molecule has 6 amide bonds. The quantitative estimate of drug-likeness (QED) is 0.0869. The van der Waals surface area contributed by atoms with Gasteiger partial charge in [-0.15, -0.1) is 22.7 Å². The van der Waals surface area contributed by atoms with E-state index in [2.05, 4.69) is 36.5 Å². The predicted octanol–water partition coefficient (Wildman–Crippen LogP) is 7.61. The summed E-state index contributed by atoms with van der Waals surface area (Å²) in [5.41, 5.74) is 10.7. The fourth-order valence-corrected chi connectivity index (χ4v) is 13.3. The number of hydrogen-bond acceptors (Lipinski definition) is 12. The SMILES string of the molecule is Cc1ncsc1-c1ccc(CNC(=O)[C@@H]2C[C@@H](Oc3ccc4c(c3)C(=O)N([C@H](C(=O)N3C[C@H](O)C[C@H]3C(=O)NCc3ccc(-c5scnc5Br)cc3)C(C)C)C4)CN2C(=O)[C@H](C(C)C)N2Cc3ccccc3C2=O)cc1. The number of β-amino-alcohol motifs (C(OH)–C–C–N with tert-alkyl or cyclic N) is 1. The highest BCUT2D eigenvalue weighted by Gasteiger charge is 2.48. The maximum absolute atomic E-state index is 14.9. The van der Waals surface area contributed by atoms with Gasteiger partial charge in [-0.1, -0.05) is 100 Å². The second kappa shape index (κ2) is 22.0. The van der Waals surface area contributed by atoms with E-state index in [0.717, 1.165) is 47.9 Å². The number of rotatable bonds is 16. The summed E-state index contributed by atoms with van der Waals surface area (Å²) in [7, 11) is 0. The molecule has 0 radical (unpaired) electrons. The van der Waals surface area contributed by atoms with E-state index in [0.29, 0.717) is 22.4 Å². The third-order valence-corrected chi connectivity index (χ3v) is 17.6. The van der Waals surface area contributed by atoms with Crippen molar-refractivity contribution in [1.82, 2.24) is 40.2 Å². The first-order chi connectivity index (χ1) is 36.5. The third kappa shape index (κ3) is 10.5. The number of carbonyl (C=O) groups is 6. The van der Waals surface area contributed by atoms with Crippen LogP contribution >= 0.6 is 38.6 Å². The number of aliphatic hydroxyl groups is 1. The summed E-state index contributed by atoms with van der Waals surface area (Å²) in [6, 6.07) is 24.5. The molecule has 0 aliphatic carbocycles. The number of aromatic nitrogens is 2. The Hall–Kier alpha value is -6.80. The molecule has 0 unspecified atom stereocenters. The molecule has 2 fully saturated rings. The van der Waals surface area contributed by atoms with Gasteiger partial charge >= 0.3 is 0 Å². The van der Waals surface area contributed by atoms with Crippen LogP contribution in [0.3, 0.4) is 0 Å². The van der Waals surface area contributed by atoms with Gasteiger partial charge in [0.05, 0.1) is 39.1 Å². The highest BCUT2D eigenvalue weighted by atomic mass is 79.9. The number of aryl methyl sites for hydroxylation is 1. The second-order valence-electron chi connectivity index (χ2n) is 20.7. The number of carbonyl (C=O) groups excluding carboxylic acids is 6. The molecular weight excluding hydrogens is 1070 g/mol. The van der Waals surface area contributed by atoms with E-state index in [-0.39, 0.29) is 87.6 Å². The van der Waals surface area contributed by atoms with Gasteiger partial charge in [0.2, 0.25) is 23.6 Å². The summed E-state index contributed by atoms with van der Waals surface area (Å²) in [6.07, 6.45) is -1.37. The molecule has 3 N–H and O–H groups in total. The Morgan fingerprint density at radius 2 is 1.21 bits per heavy atom. The molecule has 4 aliphatic heterocycles. The van der Waals surface area contributed by atoms with Crippen molar-refractivity contribution in [3.8, 4) is 26.6 Å². The minimum Gasteiger partial charge on any atom is -0.488 e. The van der Waals surface area contributed by atoms with E-state index in [1.807, 2.05) is 101 Å². The van der Waals surface area contributed by atoms with Crippen molar-refractivity contribution in [2.75, 3.05) is 13.1 Å². The number of ether oxygens (including phenoxy) is 1. The van der Waals surface area contributed by atoms with E-state index >= 15 is 0 Å². The van der Waals surface area contributed by atoms with Crippen LogP contribution < -0.4 is 15.4 Å². The maximum Gasteiger partial charge on any atom is 0.255 e. The smallest absolute Gasteiger partial charge is 0.255 e. The molecule has 2 aromatic heterocycles. The van der Waals surface area contributed by atoms with Crippen LogP contribution in [0.1, 0.15) is 89.2 Å². The zero-order chi connectivity index (χ0) is 53.5. The fraction of sp³-hybridized carbons (Fsp3) is 0.368. The molecule has 4 aliphatic rings. The van der Waals surface area contributed by atoms with E-state index < -0.39 is 48.2 Å². The van der Waals surface area contributed by atoms with Gasteiger partial charge in [-0.25, -0.2) is 9.97 Å². The molecule has 6 atom stereocenters. The van der Waals surface area contributed by atoms with Crippen molar-refractivity contribution in [2.45, 2.75) is 110 Å². The molecule has 10 rings (SSSR count). The van der Waals surface area contributed by atoms with Gasteiger partial charge in [0.1, 0.15) is 40.6 Å². The molecule has 6 heterocycles. The largest absolute Gasteiger partial charge is 0.488 e. The molecule has 394 valence electrons. The highest BCUT2D eigenvalue weighted by Crippen LogP contribution is 2.36. The molecular formula is C57H59BrN8O8S2. The molecule has 16 nitrogen and oxygen atoms in total. The number of hydrogen-bond donors (Lipinski definition) is 3. The zero-order valence-electron chi connectivity index (χ0n) is 42.8. The first-order valence-electron chi connectivity index (χ1n) is 25.6. The number of benzene rings is 4.